The summed E-state index contributed by atoms with van der Waals surface area (Å²) in [5.74, 6) is -1.90. The first kappa shape index (κ1) is 22.9. The Hall–Kier alpha value is -3.28. The van der Waals surface area contributed by atoms with Gasteiger partial charge in [0.1, 0.15) is 6.10 Å². The molecule has 1 aromatic rings. The van der Waals surface area contributed by atoms with Crippen LogP contribution in [0.1, 0.15) is 57.8 Å². The number of carbonyl (C=O) groups is 2. The van der Waals surface area contributed by atoms with Crippen LogP contribution in [0.3, 0.4) is 0 Å². The van der Waals surface area contributed by atoms with Gasteiger partial charge in [0.2, 0.25) is 5.78 Å². The first-order chi connectivity index (χ1) is 15.3. The van der Waals surface area contributed by atoms with Gasteiger partial charge in [-0.2, -0.15) is 0 Å². The molecule has 4 rings (SSSR count). The van der Waals surface area contributed by atoms with E-state index in [2.05, 4.69) is 19.9 Å². The van der Waals surface area contributed by atoms with Crippen molar-refractivity contribution >= 4 is 11.8 Å². The maximum Gasteiger partial charge on any atom is 0.338 e. The van der Waals surface area contributed by atoms with Crippen LogP contribution in [0, 0.1) is 16.7 Å². The van der Waals surface area contributed by atoms with Crippen molar-refractivity contribution in [3.8, 4) is 11.5 Å². The van der Waals surface area contributed by atoms with Crippen LogP contribution in [0.5, 0.6) is 11.5 Å². The Balaban J connectivity index is 1.71. The second-order valence-corrected chi connectivity index (χ2v) is 10.4. The highest BCUT2D eigenvalue weighted by Gasteiger charge is 2.52. The molecule has 0 saturated heterocycles. The number of hydrogen-bond donors (Lipinski definition) is 3. The molecule has 3 N–H and O–H groups in total. The average molecular weight is 451 g/mol. The smallest absolute Gasteiger partial charge is 0.338 e. The molecule has 0 heterocycles. The summed E-state index contributed by atoms with van der Waals surface area (Å²) in [6, 6.07) is 3.81. The van der Waals surface area contributed by atoms with Crippen molar-refractivity contribution in [2.24, 2.45) is 16.7 Å². The highest BCUT2D eigenvalue weighted by molar-refractivity contribution is 6.10. The number of rotatable bonds is 3. The monoisotopic (exact) mass is 450 g/mol. The molecular formula is C27H30O6. The number of ketones is 1. The fraction of sp³-hybridized carbons (Fsp3) is 0.407. The molecule has 0 aliphatic heterocycles. The predicted molar refractivity (Wildman–Crippen MR) is 124 cm³/mol. The van der Waals surface area contributed by atoms with Crippen molar-refractivity contribution < 1.29 is 29.6 Å². The number of hydrogen-bond acceptors (Lipinski definition) is 6. The summed E-state index contributed by atoms with van der Waals surface area (Å²) < 4.78 is 5.84. The molecule has 0 spiro atoms. The van der Waals surface area contributed by atoms with Crippen LogP contribution in [-0.4, -0.2) is 33.2 Å². The van der Waals surface area contributed by atoms with E-state index in [1.165, 1.54) is 18.2 Å². The van der Waals surface area contributed by atoms with E-state index in [9.17, 15) is 24.9 Å². The molecule has 1 saturated carbocycles. The van der Waals surface area contributed by atoms with Crippen LogP contribution in [-0.2, 0) is 9.53 Å². The molecular weight excluding hydrogens is 420 g/mol. The number of fused-ring (bicyclic) bond motifs is 3. The summed E-state index contributed by atoms with van der Waals surface area (Å²) in [7, 11) is 0. The summed E-state index contributed by atoms with van der Waals surface area (Å²) in [5, 5.41) is 30.3. The number of esters is 1. The van der Waals surface area contributed by atoms with Crippen LogP contribution < -0.4 is 0 Å². The van der Waals surface area contributed by atoms with Gasteiger partial charge >= 0.3 is 5.97 Å². The number of phenols is 2. The van der Waals surface area contributed by atoms with Crippen LogP contribution in [0.15, 0.2) is 64.5 Å². The van der Waals surface area contributed by atoms with Crippen LogP contribution in [0.4, 0.5) is 0 Å². The lowest BCUT2D eigenvalue weighted by molar-refractivity contribution is -0.115. The molecule has 3 aliphatic carbocycles. The first-order valence-electron chi connectivity index (χ1n) is 11.2. The van der Waals surface area contributed by atoms with Crippen molar-refractivity contribution in [1.29, 1.82) is 0 Å². The van der Waals surface area contributed by atoms with E-state index >= 15 is 0 Å². The summed E-state index contributed by atoms with van der Waals surface area (Å²) >= 11 is 0. The molecule has 0 amide bonds. The lowest BCUT2D eigenvalue weighted by Gasteiger charge is -2.52. The quantitative estimate of drug-likeness (QED) is 0.427. The van der Waals surface area contributed by atoms with E-state index in [4.69, 9.17) is 4.74 Å². The van der Waals surface area contributed by atoms with Gasteiger partial charge in [0.05, 0.1) is 5.56 Å². The molecule has 174 valence electrons. The number of ether oxygens (including phenoxy) is 1. The van der Waals surface area contributed by atoms with Gasteiger partial charge in [-0.25, -0.2) is 4.79 Å². The second kappa shape index (κ2) is 7.65. The highest BCUT2D eigenvalue weighted by Crippen LogP contribution is 2.59. The molecule has 1 aromatic carbocycles. The number of phenolic OH excluding ortho intramolecular Hbond substituents is 2. The largest absolute Gasteiger partial charge is 0.504 e. The third-order valence-corrected chi connectivity index (χ3v) is 7.10. The lowest BCUT2D eigenvalue weighted by Crippen LogP contribution is -2.46. The zero-order chi connectivity index (χ0) is 24.3. The third kappa shape index (κ3) is 3.67. The topological polar surface area (TPSA) is 104 Å². The number of aliphatic hydroxyl groups is 1. The maximum absolute atomic E-state index is 13.0. The van der Waals surface area contributed by atoms with Gasteiger partial charge in [0, 0.05) is 16.6 Å². The van der Waals surface area contributed by atoms with Crippen molar-refractivity contribution in [2.45, 2.75) is 53.6 Å². The van der Waals surface area contributed by atoms with Crippen molar-refractivity contribution in [1.82, 2.24) is 0 Å². The summed E-state index contributed by atoms with van der Waals surface area (Å²) in [4.78, 5) is 25.8. The number of aromatic hydroxyl groups is 2. The molecule has 6 heteroatoms. The normalized spacial score (nSPS) is 26.2. The molecule has 0 bridgehead atoms. The summed E-state index contributed by atoms with van der Waals surface area (Å²) in [6.07, 6.45) is 6.41. The van der Waals surface area contributed by atoms with Crippen LogP contribution in [0.2, 0.25) is 0 Å². The Kier molecular flexibility index (Phi) is 5.31. The number of Topliss-reactive ketones (excluding diaryl/α,β-unsaturated/α-hetero) is 1. The summed E-state index contributed by atoms with van der Waals surface area (Å²) in [6.45, 7) is 9.98. The molecule has 2 atom stereocenters. The number of benzene rings is 1. The zero-order valence-electron chi connectivity index (χ0n) is 19.6. The fourth-order valence-corrected chi connectivity index (χ4v) is 5.67. The minimum atomic E-state index is -0.688. The van der Waals surface area contributed by atoms with E-state index < -0.39 is 23.2 Å². The van der Waals surface area contributed by atoms with E-state index in [0.29, 0.717) is 24.0 Å². The first-order valence-corrected chi connectivity index (χ1v) is 11.2. The van der Waals surface area contributed by atoms with Gasteiger partial charge in [-0.1, -0.05) is 52.3 Å². The van der Waals surface area contributed by atoms with Gasteiger partial charge in [0.25, 0.3) is 0 Å². The molecule has 33 heavy (non-hydrogen) atoms. The van der Waals surface area contributed by atoms with Crippen molar-refractivity contribution in [3.63, 3.8) is 0 Å². The third-order valence-electron chi connectivity index (χ3n) is 7.10. The Morgan fingerprint density at radius 2 is 1.76 bits per heavy atom. The highest BCUT2D eigenvalue weighted by atomic mass is 16.5. The maximum atomic E-state index is 13.0. The predicted octanol–water partition coefficient (Wildman–Crippen LogP) is 5.29. The molecule has 1 fully saturated rings. The van der Waals surface area contributed by atoms with Gasteiger partial charge in [-0.05, 0) is 54.0 Å². The molecule has 0 unspecified atom stereocenters. The average Bonchev–Trinajstić information content (AvgIpc) is 2.70. The Morgan fingerprint density at radius 1 is 1.06 bits per heavy atom. The lowest BCUT2D eigenvalue weighted by atomic mass is 9.53. The summed E-state index contributed by atoms with van der Waals surface area (Å²) in [5.41, 5.74) is 2.16. The Morgan fingerprint density at radius 3 is 2.39 bits per heavy atom. The number of allylic oxidation sites excluding steroid dienone is 7. The van der Waals surface area contributed by atoms with Gasteiger partial charge in [0.15, 0.2) is 17.3 Å². The van der Waals surface area contributed by atoms with E-state index in [-0.39, 0.29) is 34.2 Å². The van der Waals surface area contributed by atoms with Gasteiger partial charge in [-0.15, -0.1) is 0 Å². The van der Waals surface area contributed by atoms with Gasteiger partial charge < -0.3 is 20.1 Å². The fourth-order valence-electron chi connectivity index (χ4n) is 5.67. The van der Waals surface area contributed by atoms with Gasteiger partial charge in [-0.3, -0.25) is 4.79 Å². The van der Waals surface area contributed by atoms with Crippen LogP contribution in [0.25, 0.3) is 0 Å². The minimum absolute atomic E-state index is 0.0153. The molecule has 0 radical (unpaired) electrons. The van der Waals surface area contributed by atoms with Crippen molar-refractivity contribution in [3.05, 3.63) is 70.0 Å². The molecule has 6 nitrogen and oxygen atoms in total. The second-order valence-electron chi connectivity index (χ2n) is 10.4. The van der Waals surface area contributed by atoms with Crippen molar-refractivity contribution in [2.75, 3.05) is 0 Å². The van der Waals surface area contributed by atoms with E-state index in [1.54, 1.807) is 0 Å². The molecule has 0 aromatic heterocycles. The standard InChI is InChI=1S/C27H30O6/c1-14(2)18-10-15-7-9-21-26(3,4)12-17(13-27(21,5)22(15)24(31)23(18)30)33-25(32)16-6-8-19(28)20(29)11-16/h6-11,14,17,28-29,31H,12-13H2,1-5H3/t17-,27-/m1/s1. The zero-order valence-corrected chi connectivity index (χ0v) is 19.6. The number of carbonyl (C=O) groups excluding carboxylic acids is 2. The molecule has 3 aliphatic rings. The Bertz CT molecular complexity index is 1180. The minimum Gasteiger partial charge on any atom is -0.504 e. The van der Waals surface area contributed by atoms with E-state index in [1.807, 2.05) is 32.9 Å². The van der Waals surface area contributed by atoms with E-state index in [0.717, 1.165) is 11.1 Å². The Labute approximate surface area is 193 Å². The number of aliphatic hydroxyl groups excluding tert-OH is 1. The van der Waals surface area contributed by atoms with Crippen LogP contribution >= 0.6 is 0 Å². The SMILES string of the molecule is CC(C)C1=CC2=CC=C3C(C)(C)C[C@@H](OC(=O)c4ccc(O)c(O)c4)C[C@@]3(C)C2=C(O)C1=O.